The summed E-state index contributed by atoms with van der Waals surface area (Å²) in [6, 6.07) is 6.65. The Kier molecular flexibility index (Phi) is 5.03. The Labute approximate surface area is 112 Å². The molecule has 1 N–H and O–H groups in total. The minimum Gasteiger partial charge on any atom is -0.393 e. The summed E-state index contributed by atoms with van der Waals surface area (Å²) in [7, 11) is 2.12. The Hall–Kier alpha value is -0.580. The second kappa shape index (κ2) is 6.55. The Morgan fingerprint density at radius 1 is 1.33 bits per heavy atom. The van der Waals surface area contributed by atoms with E-state index in [9.17, 15) is 9.50 Å². The average molecular weight is 269 g/mol. The average Bonchev–Trinajstić information content (AvgIpc) is 2.30. The number of halogens is 1. The van der Waals surface area contributed by atoms with Gasteiger partial charge in [0.15, 0.2) is 0 Å². The van der Waals surface area contributed by atoms with Crippen LogP contribution in [0, 0.1) is 11.7 Å². The first-order valence-corrected chi connectivity index (χ1v) is 7.37. The molecular formula is C14H20FNOS. The molecule has 1 saturated carbocycles. The Balaban J connectivity index is 1.61. The van der Waals surface area contributed by atoms with Crippen LogP contribution in [0.2, 0.25) is 0 Å². The van der Waals surface area contributed by atoms with Crippen molar-refractivity contribution < 1.29 is 9.50 Å². The monoisotopic (exact) mass is 269 g/mol. The number of hydrogen-bond donors (Lipinski definition) is 1. The van der Waals surface area contributed by atoms with E-state index in [1.54, 1.807) is 11.8 Å². The van der Waals surface area contributed by atoms with Gasteiger partial charge in [-0.05, 0) is 50.1 Å². The summed E-state index contributed by atoms with van der Waals surface area (Å²) in [6.45, 7) is 2.09. The Morgan fingerprint density at radius 3 is 2.61 bits per heavy atom. The van der Waals surface area contributed by atoms with Crippen LogP contribution in [-0.2, 0) is 0 Å². The van der Waals surface area contributed by atoms with Crippen molar-refractivity contribution in [3.63, 3.8) is 0 Å². The van der Waals surface area contributed by atoms with Crippen LogP contribution in [0.15, 0.2) is 29.2 Å². The molecule has 0 bridgehead atoms. The van der Waals surface area contributed by atoms with Crippen molar-refractivity contribution in [3.05, 3.63) is 30.1 Å². The van der Waals surface area contributed by atoms with Gasteiger partial charge >= 0.3 is 0 Å². The molecule has 0 unspecified atom stereocenters. The molecule has 100 valence electrons. The number of aliphatic hydroxyl groups excluding tert-OH is 1. The molecule has 0 atom stereocenters. The third kappa shape index (κ3) is 4.26. The van der Waals surface area contributed by atoms with E-state index in [2.05, 4.69) is 11.9 Å². The number of benzene rings is 1. The van der Waals surface area contributed by atoms with Crippen LogP contribution in [0.25, 0.3) is 0 Å². The van der Waals surface area contributed by atoms with Gasteiger partial charge in [0.05, 0.1) is 6.10 Å². The van der Waals surface area contributed by atoms with Crippen molar-refractivity contribution in [2.24, 2.45) is 5.92 Å². The molecule has 2 nitrogen and oxygen atoms in total. The first-order chi connectivity index (χ1) is 8.63. The van der Waals surface area contributed by atoms with E-state index < -0.39 is 0 Å². The van der Waals surface area contributed by atoms with Crippen LogP contribution in [0.3, 0.4) is 0 Å². The summed E-state index contributed by atoms with van der Waals surface area (Å²) in [6.07, 6.45) is 1.85. The second-order valence-corrected chi connectivity index (χ2v) is 6.22. The minimum atomic E-state index is -0.181. The highest BCUT2D eigenvalue weighted by Gasteiger charge is 2.27. The van der Waals surface area contributed by atoms with Crippen molar-refractivity contribution in [2.45, 2.75) is 23.8 Å². The number of thioether (sulfide) groups is 1. The standard InChI is InChI=1S/C14H20FNOS/c1-16(10-11-8-13(17)9-11)6-7-18-14-4-2-12(15)3-5-14/h2-5,11,13,17H,6-10H2,1H3. The number of nitrogens with zero attached hydrogens (tertiary/aromatic N) is 1. The lowest BCUT2D eigenvalue weighted by Crippen LogP contribution is -2.37. The molecule has 1 aromatic carbocycles. The fourth-order valence-corrected chi connectivity index (χ4v) is 3.20. The first kappa shape index (κ1) is 13.8. The first-order valence-electron chi connectivity index (χ1n) is 6.38. The summed E-state index contributed by atoms with van der Waals surface area (Å²) < 4.78 is 12.7. The van der Waals surface area contributed by atoms with Gasteiger partial charge in [-0.25, -0.2) is 4.39 Å². The Bertz CT molecular complexity index is 365. The highest BCUT2D eigenvalue weighted by Crippen LogP contribution is 2.27. The highest BCUT2D eigenvalue weighted by atomic mass is 32.2. The normalized spacial score (nSPS) is 23.1. The molecule has 18 heavy (non-hydrogen) atoms. The zero-order valence-corrected chi connectivity index (χ0v) is 11.5. The van der Waals surface area contributed by atoms with Gasteiger partial charge in [-0.3, -0.25) is 0 Å². The fraction of sp³-hybridized carbons (Fsp3) is 0.571. The fourth-order valence-electron chi connectivity index (χ4n) is 2.23. The van der Waals surface area contributed by atoms with Crippen LogP contribution < -0.4 is 0 Å². The number of hydrogen-bond acceptors (Lipinski definition) is 3. The lowest BCUT2D eigenvalue weighted by Gasteiger charge is -2.34. The zero-order valence-electron chi connectivity index (χ0n) is 10.7. The molecule has 0 aromatic heterocycles. The van der Waals surface area contributed by atoms with Gasteiger partial charge in [0, 0.05) is 23.7 Å². The summed E-state index contributed by atoms with van der Waals surface area (Å²) in [5, 5.41) is 9.23. The lowest BCUT2D eigenvalue weighted by molar-refractivity contribution is 0.0292. The van der Waals surface area contributed by atoms with Gasteiger partial charge in [0.2, 0.25) is 0 Å². The van der Waals surface area contributed by atoms with Crippen LogP contribution >= 0.6 is 11.8 Å². The molecule has 2 rings (SSSR count). The molecule has 0 saturated heterocycles. The van der Waals surface area contributed by atoms with Crippen molar-refractivity contribution >= 4 is 11.8 Å². The van der Waals surface area contributed by atoms with E-state index in [4.69, 9.17) is 0 Å². The topological polar surface area (TPSA) is 23.5 Å². The van der Waals surface area contributed by atoms with Gasteiger partial charge in [0.25, 0.3) is 0 Å². The minimum absolute atomic E-state index is 0.0583. The van der Waals surface area contributed by atoms with E-state index in [-0.39, 0.29) is 11.9 Å². The molecule has 0 heterocycles. The third-order valence-electron chi connectivity index (χ3n) is 3.34. The zero-order chi connectivity index (χ0) is 13.0. The predicted molar refractivity (Wildman–Crippen MR) is 73.4 cm³/mol. The van der Waals surface area contributed by atoms with Gasteiger partial charge in [-0.15, -0.1) is 11.8 Å². The van der Waals surface area contributed by atoms with Crippen molar-refractivity contribution in [3.8, 4) is 0 Å². The van der Waals surface area contributed by atoms with E-state index >= 15 is 0 Å². The van der Waals surface area contributed by atoms with Gasteiger partial charge in [0.1, 0.15) is 5.82 Å². The van der Waals surface area contributed by atoms with Crippen LogP contribution in [0.5, 0.6) is 0 Å². The smallest absolute Gasteiger partial charge is 0.123 e. The number of rotatable bonds is 6. The van der Waals surface area contributed by atoms with Crippen molar-refractivity contribution in [1.82, 2.24) is 4.90 Å². The van der Waals surface area contributed by atoms with Crippen molar-refractivity contribution in [2.75, 3.05) is 25.9 Å². The van der Waals surface area contributed by atoms with E-state index in [0.29, 0.717) is 5.92 Å². The SMILES string of the molecule is CN(CCSc1ccc(F)cc1)CC1CC(O)C1. The largest absolute Gasteiger partial charge is 0.393 e. The molecule has 0 amide bonds. The summed E-state index contributed by atoms with van der Waals surface area (Å²) in [5.74, 6) is 1.50. The molecule has 1 fully saturated rings. The van der Waals surface area contributed by atoms with Crippen molar-refractivity contribution in [1.29, 1.82) is 0 Å². The van der Waals surface area contributed by atoms with Gasteiger partial charge < -0.3 is 10.0 Å². The van der Waals surface area contributed by atoms with Gasteiger partial charge in [-0.1, -0.05) is 0 Å². The predicted octanol–water partition coefficient (Wildman–Crippen LogP) is 2.62. The second-order valence-electron chi connectivity index (χ2n) is 5.06. The molecule has 4 heteroatoms. The molecular weight excluding hydrogens is 249 g/mol. The van der Waals surface area contributed by atoms with Crippen LogP contribution in [0.4, 0.5) is 4.39 Å². The highest BCUT2D eigenvalue weighted by molar-refractivity contribution is 7.99. The Morgan fingerprint density at radius 2 is 2.00 bits per heavy atom. The summed E-state index contributed by atoms with van der Waals surface area (Å²) in [5.41, 5.74) is 0. The molecule has 1 aromatic rings. The molecule has 1 aliphatic carbocycles. The molecule has 0 aliphatic heterocycles. The van der Waals surface area contributed by atoms with Crippen LogP contribution in [-0.4, -0.2) is 42.0 Å². The molecule has 0 radical (unpaired) electrons. The molecule has 1 aliphatic rings. The quantitative estimate of drug-likeness (QED) is 0.803. The third-order valence-corrected chi connectivity index (χ3v) is 4.33. The number of aliphatic hydroxyl groups is 1. The van der Waals surface area contributed by atoms with Gasteiger partial charge in [-0.2, -0.15) is 0 Å². The lowest BCUT2D eigenvalue weighted by atomic mass is 9.82. The maximum absolute atomic E-state index is 12.7. The summed E-state index contributed by atoms with van der Waals surface area (Å²) in [4.78, 5) is 3.43. The van der Waals surface area contributed by atoms with E-state index in [1.807, 2.05) is 12.1 Å². The van der Waals surface area contributed by atoms with E-state index in [1.165, 1.54) is 12.1 Å². The van der Waals surface area contributed by atoms with Crippen LogP contribution in [0.1, 0.15) is 12.8 Å². The molecule has 0 spiro atoms. The van der Waals surface area contributed by atoms with E-state index in [0.717, 1.165) is 36.6 Å². The maximum atomic E-state index is 12.7. The summed E-state index contributed by atoms with van der Waals surface area (Å²) >= 11 is 1.75. The maximum Gasteiger partial charge on any atom is 0.123 e.